The summed E-state index contributed by atoms with van der Waals surface area (Å²) in [7, 11) is 0. The zero-order valence-electron chi connectivity index (χ0n) is 12.3. The normalized spacial score (nSPS) is 11.3. The van der Waals surface area contributed by atoms with Crippen LogP contribution in [0.4, 0.5) is 5.82 Å². The molecule has 0 fully saturated rings. The second-order valence-electron chi connectivity index (χ2n) is 4.69. The van der Waals surface area contributed by atoms with Gasteiger partial charge in [0.25, 0.3) is 0 Å². The van der Waals surface area contributed by atoms with E-state index in [1.807, 2.05) is 31.8 Å². The van der Waals surface area contributed by atoms with Gasteiger partial charge in [-0.2, -0.15) is 11.8 Å². The number of rotatable bonds is 7. The topological polar surface area (TPSA) is 66.0 Å². The van der Waals surface area contributed by atoms with Gasteiger partial charge in [-0.1, -0.05) is 0 Å². The van der Waals surface area contributed by atoms with Crippen molar-refractivity contribution in [2.75, 3.05) is 24.3 Å². The lowest BCUT2D eigenvalue weighted by Gasteiger charge is -2.10. The summed E-state index contributed by atoms with van der Waals surface area (Å²) in [5, 5.41) is 0. The van der Waals surface area contributed by atoms with E-state index in [9.17, 15) is 0 Å². The van der Waals surface area contributed by atoms with Gasteiger partial charge in [0.05, 0.1) is 5.52 Å². The molecular weight excluding hydrogens is 272 g/mol. The molecule has 0 amide bonds. The van der Waals surface area contributed by atoms with Gasteiger partial charge in [-0.3, -0.25) is 0 Å². The van der Waals surface area contributed by atoms with Crippen molar-refractivity contribution < 1.29 is 4.74 Å². The van der Waals surface area contributed by atoms with Crippen LogP contribution in [-0.2, 0) is 17.9 Å². The average molecular weight is 294 g/mol. The van der Waals surface area contributed by atoms with E-state index in [1.54, 1.807) is 0 Å². The monoisotopic (exact) mass is 294 g/mol. The number of hydrogen-bond donors (Lipinski definition) is 1. The van der Waals surface area contributed by atoms with Gasteiger partial charge in [0, 0.05) is 19.3 Å². The molecule has 2 N–H and O–H groups in total. The van der Waals surface area contributed by atoms with Crippen molar-refractivity contribution in [2.24, 2.45) is 0 Å². The molecule has 2 heterocycles. The second-order valence-corrected chi connectivity index (χ2v) is 5.67. The zero-order chi connectivity index (χ0) is 14.5. The highest BCUT2D eigenvalue weighted by Crippen LogP contribution is 2.24. The van der Waals surface area contributed by atoms with Crippen LogP contribution in [0, 0.1) is 6.92 Å². The Kier molecular flexibility index (Phi) is 5.25. The SMILES string of the molecule is CCOCc1nc2c(N)ncc(C)c2n1CCCSC. The van der Waals surface area contributed by atoms with E-state index in [0.717, 1.165) is 41.1 Å². The largest absolute Gasteiger partial charge is 0.382 e. The minimum atomic E-state index is 0.493. The number of ether oxygens (including phenoxy) is 1. The molecule has 110 valence electrons. The summed E-state index contributed by atoms with van der Waals surface area (Å²) in [4.78, 5) is 8.83. The van der Waals surface area contributed by atoms with Gasteiger partial charge in [-0.05, 0) is 37.8 Å². The van der Waals surface area contributed by atoms with E-state index in [4.69, 9.17) is 10.5 Å². The van der Waals surface area contributed by atoms with Gasteiger partial charge in [0.15, 0.2) is 5.82 Å². The number of nitrogens with zero attached hydrogens (tertiary/aromatic N) is 3. The van der Waals surface area contributed by atoms with Gasteiger partial charge in [-0.25, -0.2) is 9.97 Å². The summed E-state index contributed by atoms with van der Waals surface area (Å²) < 4.78 is 7.76. The molecule has 6 heteroatoms. The number of hydrogen-bond acceptors (Lipinski definition) is 5. The van der Waals surface area contributed by atoms with E-state index in [1.165, 1.54) is 0 Å². The zero-order valence-corrected chi connectivity index (χ0v) is 13.2. The Hall–Kier alpha value is -1.27. The molecule has 0 aliphatic rings. The second kappa shape index (κ2) is 6.95. The van der Waals surface area contributed by atoms with Crippen molar-refractivity contribution in [3.05, 3.63) is 17.6 Å². The molecule has 2 aromatic rings. The maximum Gasteiger partial charge on any atom is 0.151 e. The Morgan fingerprint density at radius 1 is 1.45 bits per heavy atom. The third kappa shape index (κ3) is 3.07. The Morgan fingerprint density at radius 2 is 2.25 bits per heavy atom. The van der Waals surface area contributed by atoms with Crippen LogP contribution in [0.5, 0.6) is 0 Å². The molecule has 0 atom stereocenters. The first kappa shape index (κ1) is 15.1. The standard InChI is InChI=1S/C14H22N4OS/c1-4-19-9-11-17-12-13(10(2)8-16-14(12)15)18(11)6-5-7-20-3/h8H,4-7,9H2,1-3H3,(H2,15,16). The molecule has 0 bridgehead atoms. The molecule has 0 aliphatic carbocycles. The molecule has 0 unspecified atom stereocenters. The summed E-state index contributed by atoms with van der Waals surface area (Å²) in [6.45, 7) is 6.17. The molecule has 0 saturated carbocycles. The summed E-state index contributed by atoms with van der Waals surface area (Å²) in [5.41, 5.74) is 8.95. The van der Waals surface area contributed by atoms with Gasteiger partial charge in [0.1, 0.15) is 17.9 Å². The van der Waals surface area contributed by atoms with Crippen molar-refractivity contribution in [3.63, 3.8) is 0 Å². The van der Waals surface area contributed by atoms with Crippen LogP contribution in [-0.4, -0.2) is 33.2 Å². The first-order valence-electron chi connectivity index (χ1n) is 6.85. The fraction of sp³-hybridized carbons (Fsp3) is 0.571. The number of fused-ring (bicyclic) bond motifs is 1. The molecule has 2 aromatic heterocycles. The van der Waals surface area contributed by atoms with E-state index < -0.39 is 0 Å². The summed E-state index contributed by atoms with van der Waals surface area (Å²) in [6, 6.07) is 0. The third-order valence-corrected chi connectivity index (χ3v) is 3.92. The molecule has 0 aliphatic heterocycles. The van der Waals surface area contributed by atoms with Crippen LogP contribution < -0.4 is 5.73 Å². The fourth-order valence-electron chi connectivity index (χ4n) is 2.28. The molecule has 0 radical (unpaired) electrons. The fourth-order valence-corrected chi connectivity index (χ4v) is 2.70. The highest BCUT2D eigenvalue weighted by molar-refractivity contribution is 7.98. The molecular formula is C14H22N4OS. The molecule has 20 heavy (non-hydrogen) atoms. The minimum absolute atomic E-state index is 0.493. The number of nitrogen functional groups attached to an aromatic ring is 1. The van der Waals surface area contributed by atoms with Crippen molar-refractivity contribution in [1.29, 1.82) is 0 Å². The van der Waals surface area contributed by atoms with Gasteiger partial charge in [0.2, 0.25) is 0 Å². The summed E-state index contributed by atoms with van der Waals surface area (Å²) >= 11 is 1.86. The summed E-state index contributed by atoms with van der Waals surface area (Å²) in [5.74, 6) is 2.56. The third-order valence-electron chi connectivity index (χ3n) is 3.23. The van der Waals surface area contributed by atoms with E-state index in [0.29, 0.717) is 19.0 Å². The average Bonchev–Trinajstić information content (AvgIpc) is 2.81. The Balaban J connectivity index is 2.44. The van der Waals surface area contributed by atoms with Crippen molar-refractivity contribution in [2.45, 2.75) is 33.4 Å². The Labute approximate surface area is 123 Å². The predicted octanol–water partition coefficient (Wildman–Crippen LogP) is 2.61. The molecule has 5 nitrogen and oxygen atoms in total. The highest BCUT2D eigenvalue weighted by atomic mass is 32.2. The molecule has 0 saturated heterocycles. The van der Waals surface area contributed by atoms with Crippen LogP contribution in [0.3, 0.4) is 0 Å². The van der Waals surface area contributed by atoms with Gasteiger partial charge < -0.3 is 15.0 Å². The number of anilines is 1. The van der Waals surface area contributed by atoms with Crippen LogP contribution in [0.25, 0.3) is 11.0 Å². The number of pyridine rings is 1. The van der Waals surface area contributed by atoms with Gasteiger partial charge in [-0.15, -0.1) is 0 Å². The van der Waals surface area contributed by atoms with E-state index in [-0.39, 0.29) is 0 Å². The van der Waals surface area contributed by atoms with Crippen LogP contribution in [0.2, 0.25) is 0 Å². The van der Waals surface area contributed by atoms with Crippen LogP contribution in [0.1, 0.15) is 24.7 Å². The number of nitrogens with two attached hydrogens (primary N) is 1. The van der Waals surface area contributed by atoms with E-state index in [2.05, 4.69) is 20.8 Å². The van der Waals surface area contributed by atoms with Gasteiger partial charge >= 0.3 is 0 Å². The smallest absolute Gasteiger partial charge is 0.151 e. The number of imidazole rings is 1. The van der Waals surface area contributed by atoms with Crippen LogP contribution >= 0.6 is 11.8 Å². The van der Waals surface area contributed by atoms with E-state index >= 15 is 0 Å². The lowest BCUT2D eigenvalue weighted by Crippen LogP contribution is -2.07. The first-order valence-corrected chi connectivity index (χ1v) is 8.25. The lowest BCUT2D eigenvalue weighted by atomic mass is 10.2. The quantitative estimate of drug-likeness (QED) is 0.795. The van der Waals surface area contributed by atoms with Crippen LogP contribution in [0.15, 0.2) is 6.20 Å². The molecule has 0 spiro atoms. The summed E-state index contributed by atoms with van der Waals surface area (Å²) in [6.07, 6.45) is 5.04. The number of aryl methyl sites for hydroxylation is 2. The van der Waals surface area contributed by atoms with Crippen molar-refractivity contribution in [3.8, 4) is 0 Å². The minimum Gasteiger partial charge on any atom is -0.382 e. The Bertz CT molecular complexity index is 582. The van der Waals surface area contributed by atoms with Crippen molar-refractivity contribution >= 4 is 28.6 Å². The Morgan fingerprint density at radius 3 is 2.95 bits per heavy atom. The molecule has 0 aromatic carbocycles. The lowest BCUT2D eigenvalue weighted by molar-refractivity contribution is 0.126. The predicted molar refractivity (Wildman–Crippen MR) is 85.0 cm³/mol. The molecule has 2 rings (SSSR count). The first-order chi connectivity index (χ1) is 9.69. The number of thioether (sulfide) groups is 1. The maximum atomic E-state index is 5.96. The highest BCUT2D eigenvalue weighted by Gasteiger charge is 2.15. The van der Waals surface area contributed by atoms with Crippen molar-refractivity contribution in [1.82, 2.24) is 14.5 Å². The number of aromatic nitrogens is 3. The maximum absolute atomic E-state index is 5.96.